The Kier molecular flexibility index (Phi) is 2.93. The van der Waals surface area contributed by atoms with E-state index in [0.717, 1.165) is 5.69 Å². The number of aryl methyl sites for hydroxylation is 2. The van der Waals surface area contributed by atoms with Crippen LogP contribution < -0.4 is 0 Å². The quantitative estimate of drug-likeness (QED) is 0.516. The van der Waals surface area contributed by atoms with Crippen molar-refractivity contribution in [3.63, 3.8) is 0 Å². The van der Waals surface area contributed by atoms with Crippen LogP contribution >= 0.6 is 0 Å². The summed E-state index contributed by atoms with van der Waals surface area (Å²) in [6, 6.07) is 4.07. The molecule has 50 valence electrons. The smallest absolute Gasteiger partial charge is 0.0372 e. The van der Waals surface area contributed by atoms with E-state index >= 15 is 0 Å². The van der Waals surface area contributed by atoms with Crippen LogP contribution in [0.3, 0.4) is 0 Å². The molecule has 0 radical (unpaired) electrons. The van der Waals surface area contributed by atoms with Crippen molar-refractivity contribution < 1.29 is 0 Å². The molecule has 0 aromatic carbocycles. The Balaban J connectivity index is 0.000000640. The van der Waals surface area contributed by atoms with E-state index in [0.29, 0.717) is 0 Å². The Morgan fingerprint density at radius 1 is 1.22 bits per heavy atom. The second-order valence-electron chi connectivity index (χ2n) is 1.98. The molecule has 1 nitrogen and oxygen atoms in total. The van der Waals surface area contributed by atoms with Gasteiger partial charge in [0.2, 0.25) is 0 Å². The number of rotatable bonds is 0. The van der Waals surface area contributed by atoms with E-state index in [1.165, 1.54) is 5.56 Å². The minimum Gasteiger partial charge on any atom is -0.261 e. The normalized spacial score (nSPS) is 8.22. The van der Waals surface area contributed by atoms with Crippen molar-refractivity contribution in [2.24, 2.45) is 0 Å². The third-order valence-electron chi connectivity index (χ3n) is 1.06. The van der Waals surface area contributed by atoms with Crippen molar-refractivity contribution >= 4 is 0 Å². The molecule has 0 aliphatic carbocycles. The minimum atomic E-state index is 0. The molecule has 9 heavy (non-hydrogen) atoms. The van der Waals surface area contributed by atoms with Crippen molar-refractivity contribution in [1.29, 1.82) is 0 Å². The summed E-state index contributed by atoms with van der Waals surface area (Å²) in [7, 11) is 0. The zero-order valence-electron chi connectivity index (χ0n) is 5.18. The lowest BCUT2D eigenvalue weighted by atomic mass is 10.3. The summed E-state index contributed by atoms with van der Waals surface area (Å²) >= 11 is 0. The molecule has 0 saturated heterocycles. The van der Waals surface area contributed by atoms with Gasteiger partial charge in [0.1, 0.15) is 0 Å². The SMILES string of the molecule is C.Cc1ccc(C)nc1. The van der Waals surface area contributed by atoms with E-state index in [1.807, 2.05) is 26.1 Å². The molecule has 0 N–H and O–H groups in total. The van der Waals surface area contributed by atoms with Gasteiger partial charge in [-0.05, 0) is 25.5 Å². The third kappa shape index (κ3) is 2.27. The van der Waals surface area contributed by atoms with Crippen LogP contribution in [0.15, 0.2) is 18.3 Å². The van der Waals surface area contributed by atoms with Gasteiger partial charge in [-0.25, -0.2) is 0 Å². The first-order chi connectivity index (χ1) is 3.79. The van der Waals surface area contributed by atoms with Crippen molar-refractivity contribution in [1.82, 2.24) is 4.98 Å². The molecule has 0 saturated carbocycles. The van der Waals surface area contributed by atoms with Crippen molar-refractivity contribution in [2.45, 2.75) is 21.3 Å². The van der Waals surface area contributed by atoms with Crippen LogP contribution in [-0.2, 0) is 0 Å². The van der Waals surface area contributed by atoms with Gasteiger partial charge in [0.25, 0.3) is 0 Å². The second kappa shape index (κ2) is 3.23. The number of hydrogen-bond donors (Lipinski definition) is 0. The lowest BCUT2D eigenvalue weighted by Gasteiger charge is -1.89. The summed E-state index contributed by atoms with van der Waals surface area (Å²) in [6.45, 7) is 4.02. The second-order valence-corrected chi connectivity index (χ2v) is 1.98. The highest BCUT2D eigenvalue weighted by molar-refractivity contribution is 5.10. The summed E-state index contributed by atoms with van der Waals surface area (Å²) in [4.78, 5) is 4.08. The first-order valence-corrected chi connectivity index (χ1v) is 2.68. The molecule has 0 aliphatic rings. The number of pyridine rings is 1. The van der Waals surface area contributed by atoms with Crippen LogP contribution in [0, 0.1) is 13.8 Å². The monoisotopic (exact) mass is 123 g/mol. The lowest BCUT2D eigenvalue weighted by Crippen LogP contribution is -1.78. The first kappa shape index (κ1) is 8.15. The Bertz CT molecular complexity index is 143. The van der Waals surface area contributed by atoms with Crippen molar-refractivity contribution in [3.8, 4) is 0 Å². The van der Waals surface area contributed by atoms with E-state index in [1.54, 1.807) is 0 Å². The number of hydrogen-bond acceptors (Lipinski definition) is 1. The molecular weight excluding hydrogens is 110 g/mol. The van der Waals surface area contributed by atoms with Gasteiger partial charge < -0.3 is 0 Å². The van der Waals surface area contributed by atoms with Crippen molar-refractivity contribution in [2.75, 3.05) is 0 Å². The number of aromatic nitrogens is 1. The van der Waals surface area contributed by atoms with Gasteiger partial charge in [-0.3, -0.25) is 4.98 Å². The first-order valence-electron chi connectivity index (χ1n) is 2.68. The van der Waals surface area contributed by atoms with Crippen molar-refractivity contribution in [3.05, 3.63) is 29.6 Å². The van der Waals surface area contributed by atoms with Gasteiger partial charge in [0.15, 0.2) is 0 Å². The molecule has 0 amide bonds. The zero-order chi connectivity index (χ0) is 5.98. The minimum absolute atomic E-state index is 0. The molecule has 1 rings (SSSR count). The van der Waals surface area contributed by atoms with Crippen LogP contribution in [0.2, 0.25) is 0 Å². The lowest BCUT2D eigenvalue weighted by molar-refractivity contribution is 1.17. The van der Waals surface area contributed by atoms with Gasteiger partial charge in [-0.2, -0.15) is 0 Å². The largest absolute Gasteiger partial charge is 0.261 e. The van der Waals surface area contributed by atoms with E-state index in [9.17, 15) is 0 Å². The Morgan fingerprint density at radius 2 is 1.89 bits per heavy atom. The summed E-state index contributed by atoms with van der Waals surface area (Å²) in [6.07, 6.45) is 1.87. The molecule has 1 heteroatoms. The summed E-state index contributed by atoms with van der Waals surface area (Å²) in [5.41, 5.74) is 2.30. The topological polar surface area (TPSA) is 12.9 Å². The summed E-state index contributed by atoms with van der Waals surface area (Å²) in [5, 5.41) is 0. The van der Waals surface area contributed by atoms with Crippen LogP contribution in [0.25, 0.3) is 0 Å². The van der Waals surface area contributed by atoms with E-state index in [-0.39, 0.29) is 7.43 Å². The average Bonchev–Trinajstić information content (AvgIpc) is 1.77. The van der Waals surface area contributed by atoms with Crippen LogP contribution in [0.1, 0.15) is 18.7 Å². The fourth-order valence-electron chi connectivity index (χ4n) is 0.542. The highest BCUT2D eigenvalue weighted by atomic mass is 14.6. The fourth-order valence-corrected chi connectivity index (χ4v) is 0.542. The Hall–Kier alpha value is -0.850. The van der Waals surface area contributed by atoms with Gasteiger partial charge in [-0.1, -0.05) is 13.5 Å². The molecule has 0 unspecified atom stereocenters. The fraction of sp³-hybridized carbons (Fsp3) is 0.375. The standard InChI is InChI=1S/C7H9N.CH4/c1-6-3-4-7(2)8-5-6;/h3-5H,1-2H3;1H4. The summed E-state index contributed by atoms with van der Waals surface area (Å²) in [5.74, 6) is 0. The molecular formula is C8H13N. The maximum atomic E-state index is 4.08. The third-order valence-corrected chi connectivity index (χ3v) is 1.06. The van der Waals surface area contributed by atoms with Crippen LogP contribution in [0.4, 0.5) is 0 Å². The average molecular weight is 123 g/mol. The zero-order valence-corrected chi connectivity index (χ0v) is 5.18. The molecule has 1 aromatic rings. The highest BCUT2D eigenvalue weighted by Crippen LogP contribution is 1.94. The van der Waals surface area contributed by atoms with E-state index in [4.69, 9.17) is 0 Å². The summed E-state index contributed by atoms with van der Waals surface area (Å²) < 4.78 is 0. The van der Waals surface area contributed by atoms with Gasteiger partial charge in [-0.15, -0.1) is 0 Å². The van der Waals surface area contributed by atoms with E-state index < -0.39 is 0 Å². The molecule has 0 aliphatic heterocycles. The van der Waals surface area contributed by atoms with Crippen LogP contribution in [0.5, 0.6) is 0 Å². The number of nitrogens with zero attached hydrogens (tertiary/aromatic N) is 1. The van der Waals surface area contributed by atoms with Gasteiger partial charge in [0, 0.05) is 11.9 Å². The Labute approximate surface area is 56.8 Å². The predicted octanol–water partition coefficient (Wildman–Crippen LogP) is 2.33. The maximum absolute atomic E-state index is 4.08. The Morgan fingerprint density at radius 3 is 2.22 bits per heavy atom. The van der Waals surface area contributed by atoms with Gasteiger partial charge in [0.05, 0.1) is 0 Å². The molecule has 1 aromatic heterocycles. The molecule has 0 spiro atoms. The van der Waals surface area contributed by atoms with Crippen LogP contribution in [-0.4, -0.2) is 4.98 Å². The molecule has 0 fully saturated rings. The van der Waals surface area contributed by atoms with Gasteiger partial charge >= 0.3 is 0 Å². The predicted molar refractivity (Wildman–Crippen MR) is 40.4 cm³/mol. The van der Waals surface area contributed by atoms with E-state index in [2.05, 4.69) is 11.1 Å². The highest BCUT2D eigenvalue weighted by Gasteiger charge is 1.81. The maximum Gasteiger partial charge on any atom is 0.0372 e. The molecule has 0 bridgehead atoms. The molecule has 1 heterocycles. The molecule has 0 atom stereocenters.